The van der Waals surface area contributed by atoms with Crippen LogP contribution in [0.3, 0.4) is 0 Å². The van der Waals surface area contributed by atoms with E-state index in [0.29, 0.717) is 6.42 Å². The zero-order chi connectivity index (χ0) is 62.9. The van der Waals surface area contributed by atoms with Crippen LogP contribution in [-0.4, -0.2) is 203 Å². The van der Waals surface area contributed by atoms with Gasteiger partial charge in [0.15, 0.2) is 17.9 Å². The monoisotopic (exact) mass is 1180 g/mol. The number of carboxylic acid groups (broad SMARTS) is 3. The number of hydrogen-bond acceptors (Lipinski definition) is 17. The highest BCUT2D eigenvalue weighted by Gasteiger charge is 2.35. The third-order valence-electron chi connectivity index (χ3n) is 11.9. The van der Waals surface area contributed by atoms with Gasteiger partial charge >= 0.3 is 17.9 Å². The maximum atomic E-state index is 13.8. The molecule has 83 heavy (non-hydrogen) atoms. The average Bonchev–Trinajstić information content (AvgIpc) is 3.45. The number of nitrogens with two attached hydrogens (primary N) is 6. The Labute approximate surface area is 480 Å². The fourth-order valence-corrected chi connectivity index (χ4v) is 7.57. The zero-order valence-electron chi connectivity index (χ0n) is 46.9. The third-order valence-corrected chi connectivity index (χ3v) is 11.9. The van der Waals surface area contributed by atoms with Crippen LogP contribution in [0.25, 0.3) is 0 Å². The summed E-state index contributed by atoms with van der Waals surface area (Å²) in [6.07, 6.45) is 6.47. The van der Waals surface area contributed by atoms with E-state index in [4.69, 9.17) is 34.4 Å². The first kappa shape index (κ1) is 74.6. The lowest BCUT2D eigenvalue weighted by molar-refractivity contribution is -0.143. The number of nitrogens with zero attached hydrogens (tertiary/aromatic N) is 3. The van der Waals surface area contributed by atoms with Crippen LogP contribution in [0.1, 0.15) is 116 Å². The predicted octanol–water partition coefficient (Wildman–Crippen LogP) is -6.65. The van der Waals surface area contributed by atoms with Crippen LogP contribution in [0.4, 0.5) is 0 Å². The number of aliphatic imine (C=N–C) groups is 3. The molecule has 8 amide bonds. The summed E-state index contributed by atoms with van der Waals surface area (Å²) in [5, 5.41) is 69.7. The normalized spacial score (nSPS) is 13.6. The SMILES string of the molecule is C=CCNCCCCCCCCCCC(=O)N[C@@H](CC(=O)O)C(=O)N[C@@H](CCCN=C(N)N)C(=O)N[C@@H](C)C(=O)N[C@@H](CC(=O)O)C(=O)N[C@@H](CO)C(=O)N[C@@H](CCCN=C(N)N)C(=O)N[C@@H](CCCN=C(N)N)C(=O)N[C@@H](CO)C(=O)O. The largest absolute Gasteiger partial charge is 0.481 e. The van der Waals surface area contributed by atoms with Crippen molar-refractivity contribution in [1.29, 1.82) is 0 Å². The van der Waals surface area contributed by atoms with E-state index in [9.17, 15) is 78.3 Å². The molecule has 8 atom stereocenters. The van der Waals surface area contributed by atoms with E-state index in [1.165, 1.54) is 0 Å². The predicted molar refractivity (Wildman–Crippen MR) is 302 cm³/mol. The van der Waals surface area contributed by atoms with Crippen molar-refractivity contribution in [3.05, 3.63) is 12.7 Å². The number of guanidine groups is 3. The summed E-state index contributed by atoms with van der Waals surface area (Å²) in [6, 6.07) is -13.6. The molecule has 0 saturated carbocycles. The molecule has 34 nitrogen and oxygen atoms in total. The molecule has 0 aliphatic carbocycles. The van der Waals surface area contributed by atoms with Crippen LogP contribution in [-0.2, 0) is 52.7 Å². The Morgan fingerprint density at radius 3 is 1.16 bits per heavy atom. The lowest BCUT2D eigenvalue weighted by Crippen LogP contribution is -2.60. The molecule has 0 radical (unpaired) electrons. The third kappa shape index (κ3) is 35.8. The van der Waals surface area contributed by atoms with Gasteiger partial charge in [0.1, 0.15) is 48.3 Å². The lowest BCUT2D eigenvalue weighted by atomic mass is 10.1. The van der Waals surface area contributed by atoms with E-state index in [0.717, 1.165) is 65.0 Å². The smallest absolute Gasteiger partial charge is 0.328 e. The van der Waals surface area contributed by atoms with Crippen molar-refractivity contribution in [3.63, 3.8) is 0 Å². The van der Waals surface area contributed by atoms with Gasteiger partial charge in [-0.15, -0.1) is 6.58 Å². The van der Waals surface area contributed by atoms with Gasteiger partial charge < -0.3 is 108 Å². The fraction of sp³-hybridized carbons (Fsp3) is 0.673. The van der Waals surface area contributed by atoms with E-state index >= 15 is 0 Å². The molecule has 0 saturated heterocycles. The first-order valence-corrected chi connectivity index (χ1v) is 27.0. The summed E-state index contributed by atoms with van der Waals surface area (Å²) < 4.78 is 0. The maximum Gasteiger partial charge on any atom is 0.328 e. The first-order valence-electron chi connectivity index (χ1n) is 27.0. The minimum atomic E-state index is -2.01. The molecular weight excluding hydrogens is 1100 g/mol. The van der Waals surface area contributed by atoms with E-state index in [2.05, 4.69) is 69.4 Å². The summed E-state index contributed by atoms with van der Waals surface area (Å²) in [5.41, 5.74) is 32.3. The van der Waals surface area contributed by atoms with Gasteiger partial charge in [0.2, 0.25) is 47.3 Å². The first-order chi connectivity index (χ1) is 39.3. The summed E-state index contributed by atoms with van der Waals surface area (Å²) in [5.74, 6) is -14.2. The van der Waals surface area contributed by atoms with Gasteiger partial charge in [-0.2, -0.15) is 0 Å². The van der Waals surface area contributed by atoms with E-state index in [1.807, 2.05) is 0 Å². The van der Waals surface area contributed by atoms with Gasteiger partial charge in [-0.25, -0.2) is 4.79 Å². The van der Waals surface area contributed by atoms with Crippen LogP contribution in [0.5, 0.6) is 0 Å². The number of aliphatic hydroxyl groups is 2. The number of carboxylic acids is 3. The Hall–Kier alpha value is -8.40. The number of carbonyl (C=O) groups excluding carboxylic acids is 8. The van der Waals surface area contributed by atoms with Crippen molar-refractivity contribution in [3.8, 4) is 0 Å². The minimum Gasteiger partial charge on any atom is -0.481 e. The molecule has 0 heterocycles. The van der Waals surface area contributed by atoms with Crippen LogP contribution < -0.4 is 82.3 Å². The Balaban J connectivity index is 6.26. The molecule has 0 fully saturated rings. The number of carbonyl (C=O) groups is 11. The zero-order valence-corrected chi connectivity index (χ0v) is 46.9. The van der Waals surface area contributed by atoms with Gasteiger partial charge in [0, 0.05) is 32.6 Å². The highest BCUT2D eigenvalue weighted by atomic mass is 16.4. The van der Waals surface area contributed by atoms with Crippen molar-refractivity contribution in [1.82, 2.24) is 47.9 Å². The second kappa shape index (κ2) is 43.3. The number of hydrogen-bond donors (Lipinski definition) is 20. The molecule has 34 heteroatoms. The van der Waals surface area contributed by atoms with E-state index < -0.39 is 140 Å². The Morgan fingerprint density at radius 2 is 0.771 bits per heavy atom. The number of nitrogens with one attached hydrogen (secondary N) is 9. The summed E-state index contributed by atoms with van der Waals surface area (Å²) >= 11 is 0. The number of aliphatic carboxylic acids is 3. The highest BCUT2D eigenvalue weighted by molar-refractivity contribution is 5.99. The van der Waals surface area contributed by atoms with Crippen molar-refractivity contribution in [2.45, 2.75) is 164 Å². The van der Waals surface area contributed by atoms with Gasteiger partial charge in [-0.3, -0.25) is 62.9 Å². The Bertz CT molecular complexity index is 2210. The molecule has 26 N–H and O–H groups in total. The molecule has 0 aliphatic rings. The molecule has 0 rings (SSSR count). The molecule has 0 aromatic heterocycles. The second-order valence-electron chi connectivity index (χ2n) is 19.0. The standard InChI is InChI=1S/C49H88N18O16/c1-3-19-56-20-11-9-7-5-4-6-8-10-18-36(70)61-32(24-37(71)72)43(79)63-29(15-12-21-57-47(50)51)40(76)60-28(2)39(75)65-33(25-38(73)74)44(80)66-34(26-68)45(81)64-30(16-13-22-58-48(52)53)41(77)62-31(17-14-23-59-49(54)55)42(78)67-35(27-69)46(82)83/h3,28-35,56,68-69H,1,4-27H2,2H3,(H,60,76)(H,61,70)(H,62,77)(H,63,79)(H,64,81)(H,65,75)(H,66,80)(H,67,78)(H,71,72)(H,73,74)(H,82,83)(H4,50,51,57)(H4,52,53,58)(H4,54,55,59)/t28-,29-,30-,31-,32-,33-,34-,35-/m0/s1. The molecule has 0 aromatic carbocycles. The molecule has 0 bridgehead atoms. The van der Waals surface area contributed by atoms with Crippen LogP contribution in [0, 0.1) is 0 Å². The van der Waals surface area contributed by atoms with Crippen molar-refractivity contribution < 1.29 is 78.3 Å². The maximum absolute atomic E-state index is 13.8. The van der Waals surface area contributed by atoms with Crippen molar-refractivity contribution in [2.75, 3.05) is 45.9 Å². The fourth-order valence-electron chi connectivity index (χ4n) is 7.57. The van der Waals surface area contributed by atoms with Crippen LogP contribution in [0.15, 0.2) is 27.6 Å². The molecule has 470 valence electrons. The van der Waals surface area contributed by atoms with Crippen molar-refractivity contribution >= 4 is 83.0 Å². The number of amides is 8. The molecule has 0 spiro atoms. The van der Waals surface area contributed by atoms with Crippen LogP contribution >= 0.6 is 0 Å². The number of rotatable bonds is 47. The minimum absolute atomic E-state index is 0.00741. The highest BCUT2D eigenvalue weighted by Crippen LogP contribution is 2.11. The topological polar surface area (TPSA) is 590 Å². The molecule has 0 aliphatic heterocycles. The van der Waals surface area contributed by atoms with Gasteiger partial charge in [0.05, 0.1) is 26.1 Å². The quantitative estimate of drug-likeness (QED) is 0.0117. The van der Waals surface area contributed by atoms with E-state index in [-0.39, 0.29) is 82.5 Å². The Morgan fingerprint density at radius 1 is 0.434 bits per heavy atom. The lowest BCUT2D eigenvalue weighted by Gasteiger charge is -2.26. The molecule has 0 aromatic rings. The van der Waals surface area contributed by atoms with E-state index in [1.54, 1.807) is 6.08 Å². The summed E-state index contributed by atoms with van der Waals surface area (Å²) in [6.45, 7) is 4.09. The molecular formula is C49H88N18O16. The number of aliphatic hydroxyl groups excluding tert-OH is 2. The van der Waals surface area contributed by atoms with Gasteiger partial charge in [-0.05, 0) is 64.8 Å². The summed E-state index contributed by atoms with van der Waals surface area (Å²) in [4.78, 5) is 155. The van der Waals surface area contributed by atoms with Crippen molar-refractivity contribution in [2.24, 2.45) is 49.4 Å². The summed E-state index contributed by atoms with van der Waals surface area (Å²) in [7, 11) is 0. The Kier molecular flexibility index (Phi) is 39.0. The molecule has 0 unspecified atom stereocenters. The average molecular weight is 1190 g/mol. The van der Waals surface area contributed by atoms with Crippen LogP contribution in [0.2, 0.25) is 0 Å². The van der Waals surface area contributed by atoms with Gasteiger partial charge in [0.25, 0.3) is 0 Å². The second-order valence-corrected chi connectivity index (χ2v) is 19.0. The van der Waals surface area contributed by atoms with Gasteiger partial charge in [-0.1, -0.05) is 44.6 Å². The number of unbranched alkanes of at least 4 members (excludes halogenated alkanes) is 7.